The average molecular weight is 563 g/mol. The number of nitrogens with one attached hydrogen (secondary N) is 2. The molecule has 0 aliphatic carbocycles. The molecule has 0 saturated carbocycles. The van der Waals surface area contributed by atoms with Crippen molar-refractivity contribution in [3.8, 4) is 27.4 Å². The summed E-state index contributed by atoms with van der Waals surface area (Å²) in [6.45, 7) is 1.79. The van der Waals surface area contributed by atoms with Gasteiger partial charge in [-0.15, -0.1) is 11.3 Å². The molecule has 0 fully saturated rings. The molecule has 13 heteroatoms. The highest BCUT2D eigenvalue weighted by Gasteiger charge is 2.26. The topological polar surface area (TPSA) is 105 Å². The minimum absolute atomic E-state index is 0.152. The van der Waals surface area contributed by atoms with Crippen molar-refractivity contribution in [2.75, 3.05) is 12.9 Å². The molecule has 0 aliphatic rings. The molecule has 1 aromatic carbocycles. The zero-order chi connectivity index (χ0) is 26.7. The van der Waals surface area contributed by atoms with Crippen molar-refractivity contribution in [3.63, 3.8) is 0 Å². The Hall–Kier alpha value is -2.83. The molecule has 2 N–H and O–H groups in total. The van der Waals surface area contributed by atoms with Gasteiger partial charge in [-0.1, -0.05) is 18.5 Å². The third-order valence-corrected chi connectivity index (χ3v) is 7.05. The van der Waals surface area contributed by atoms with Crippen LogP contribution in [0.5, 0.6) is 5.75 Å². The van der Waals surface area contributed by atoms with Crippen molar-refractivity contribution in [3.05, 3.63) is 62.2 Å². The van der Waals surface area contributed by atoms with Crippen LogP contribution in [0.25, 0.3) is 21.7 Å². The largest absolute Gasteiger partial charge is 0.494 e. The second kappa shape index (κ2) is 11.1. The summed E-state index contributed by atoms with van der Waals surface area (Å²) in [7, 11) is -3.92. The number of sulfonamides is 1. The molecule has 2 aromatic heterocycles. The van der Waals surface area contributed by atoms with Gasteiger partial charge in [-0.05, 0) is 49.2 Å². The number of thiophene rings is 1. The summed E-state index contributed by atoms with van der Waals surface area (Å²) >= 11 is 7.73. The van der Waals surface area contributed by atoms with Crippen LogP contribution in [0.15, 0.2) is 41.2 Å². The average Bonchev–Trinajstić information content (AvgIpc) is 3.23. The number of amides is 1. The molecule has 194 valence electrons. The maximum absolute atomic E-state index is 13.0. The molecule has 0 atom stereocenters. The van der Waals surface area contributed by atoms with Crippen LogP contribution in [0.3, 0.4) is 0 Å². The summed E-state index contributed by atoms with van der Waals surface area (Å²) in [6.07, 6.45) is -3.91. The van der Waals surface area contributed by atoms with E-state index in [4.69, 9.17) is 16.3 Å². The number of aromatic amines is 1. The van der Waals surface area contributed by atoms with Gasteiger partial charge < -0.3 is 9.72 Å². The first kappa shape index (κ1) is 27.8. The quantitative estimate of drug-likeness (QED) is 0.340. The molecule has 0 unspecified atom stereocenters. The number of benzene rings is 1. The van der Waals surface area contributed by atoms with Crippen LogP contribution in [0.2, 0.25) is 5.02 Å². The Morgan fingerprint density at radius 1 is 1.17 bits per heavy atom. The van der Waals surface area contributed by atoms with Crippen LogP contribution in [-0.2, 0) is 16.4 Å². The van der Waals surface area contributed by atoms with Crippen molar-refractivity contribution in [1.29, 1.82) is 0 Å². The fourth-order valence-corrected chi connectivity index (χ4v) is 5.00. The van der Waals surface area contributed by atoms with Crippen molar-refractivity contribution >= 4 is 38.9 Å². The monoisotopic (exact) mass is 562 g/mol. The number of halogens is 4. The zero-order valence-corrected chi connectivity index (χ0v) is 21.6. The number of H-pyrrole nitrogens is 1. The van der Waals surface area contributed by atoms with Gasteiger partial charge in [-0.25, -0.2) is 13.1 Å². The molecule has 3 aromatic rings. The number of hydrogen-bond acceptors (Lipinski definition) is 6. The summed E-state index contributed by atoms with van der Waals surface area (Å²) in [5.74, 6) is -0.816. The Labute approximate surface area is 214 Å². The number of carbonyl (C=O) groups is 1. The number of aryl methyl sites for hydroxylation is 1. The Morgan fingerprint density at radius 2 is 1.89 bits per heavy atom. The van der Waals surface area contributed by atoms with Crippen molar-refractivity contribution in [1.82, 2.24) is 9.71 Å². The zero-order valence-electron chi connectivity index (χ0n) is 19.2. The molecular formula is C23H22ClF3N2O5S2. The normalized spacial score (nSPS) is 11.9. The van der Waals surface area contributed by atoms with Crippen LogP contribution in [0, 0.1) is 0 Å². The van der Waals surface area contributed by atoms with E-state index < -0.39 is 34.1 Å². The Bertz CT molecular complexity index is 1430. The summed E-state index contributed by atoms with van der Waals surface area (Å²) < 4.78 is 67.3. The molecule has 0 spiro atoms. The molecule has 0 radical (unpaired) electrons. The summed E-state index contributed by atoms with van der Waals surface area (Å²) in [5, 5.41) is 0.152. The van der Waals surface area contributed by atoms with E-state index >= 15 is 0 Å². The first-order valence-electron chi connectivity index (χ1n) is 10.7. The third-order valence-electron chi connectivity index (χ3n) is 4.92. The fraction of sp³-hybridized carbons (Fsp3) is 0.304. The number of hydrogen-bond donors (Lipinski definition) is 2. The van der Waals surface area contributed by atoms with Gasteiger partial charge in [0.15, 0.2) is 0 Å². The van der Waals surface area contributed by atoms with E-state index in [1.807, 2.05) is 17.7 Å². The highest BCUT2D eigenvalue weighted by Crippen LogP contribution is 2.35. The smallest absolute Gasteiger partial charge is 0.389 e. The fourth-order valence-electron chi connectivity index (χ4n) is 3.32. The lowest BCUT2D eigenvalue weighted by Gasteiger charge is -2.13. The van der Waals surface area contributed by atoms with Crippen molar-refractivity contribution in [2.45, 2.75) is 32.4 Å². The lowest BCUT2D eigenvalue weighted by atomic mass is 10.0. The van der Waals surface area contributed by atoms with Gasteiger partial charge in [0.05, 0.1) is 23.6 Å². The Balaban J connectivity index is 1.99. The van der Waals surface area contributed by atoms with E-state index in [9.17, 15) is 31.2 Å². The van der Waals surface area contributed by atoms with Gasteiger partial charge in [0.2, 0.25) is 10.0 Å². The molecule has 2 heterocycles. The molecular weight excluding hydrogens is 541 g/mol. The first-order chi connectivity index (χ1) is 16.8. The first-order valence-corrected chi connectivity index (χ1v) is 13.7. The van der Waals surface area contributed by atoms with Crippen molar-refractivity contribution in [2.24, 2.45) is 0 Å². The summed E-state index contributed by atoms with van der Waals surface area (Å²) in [5.41, 5.74) is -0.331. The van der Waals surface area contributed by atoms with Gasteiger partial charge in [0, 0.05) is 27.3 Å². The number of pyridine rings is 1. The van der Waals surface area contributed by atoms with Crippen LogP contribution in [0.4, 0.5) is 13.2 Å². The third kappa shape index (κ3) is 7.34. The van der Waals surface area contributed by atoms with E-state index in [2.05, 4.69) is 4.98 Å². The van der Waals surface area contributed by atoms with Crippen LogP contribution < -0.4 is 15.0 Å². The van der Waals surface area contributed by atoms with E-state index in [0.29, 0.717) is 10.4 Å². The van der Waals surface area contributed by atoms with E-state index in [1.54, 1.807) is 6.07 Å². The maximum atomic E-state index is 13.0. The SMILES string of the molecule is CCc1ccc(-c2cc(-c3ccc(OCCCC(F)(F)F)cc3Cl)[nH]c(=O)c2C(=O)NS(C)(=O)=O)s1. The summed E-state index contributed by atoms with van der Waals surface area (Å²) in [6, 6.07) is 9.54. The summed E-state index contributed by atoms with van der Waals surface area (Å²) in [4.78, 5) is 29.8. The minimum atomic E-state index is -4.26. The Morgan fingerprint density at radius 3 is 2.47 bits per heavy atom. The molecule has 0 aliphatic heterocycles. The van der Waals surface area contributed by atoms with Gasteiger partial charge in [0.25, 0.3) is 11.5 Å². The molecule has 3 rings (SSSR count). The van der Waals surface area contributed by atoms with Crippen molar-refractivity contribution < 1.29 is 31.1 Å². The highest BCUT2D eigenvalue weighted by atomic mass is 35.5. The molecule has 0 saturated heterocycles. The van der Waals surface area contributed by atoms with Crippen LogP contribution in [-0.4, -0.2) is 38.3 Å². The van der Waals surface area contributed by atoms with Gasteiger partial charge >= 0.3 is 6.18 Å². The maximum Gasteiger partial charge on any atom is 0.389 e. The number of aromatic nitrogens is 1. The minimum Gasteiger partial charge on any atom is -0.494 e. The number of alkyl halides is 3. The number of rotatable bonds is 9. The molecule has 0 bridgehead atoms. The second-order valence-electron chi connectivity index (χ2n) is 7.83. The molecule has 7 nitrogen and oxygen atoms in total. The number of carbonyl (C=O) groups excluding carboxylic acids is 1. The highest BCUT2D eigenvalue weighted by molar-refractivity contribution is 7.89. The van der Waals surface area contributed by atoms with Crippen LogP contribution >= 0.6 is 22.9 Å². The Kier molecular flexibility index (Phi) is 8.52. The van der Waals surface area contributed by atoms with Crippen LogP contribution in [0.1, 0.15) is 35.0 Å². The van der Waals surface area contributed by atoms with Gasteiger partial charge in [-0.3, -0.25) is 9.59 Å². The molecule has 36 heavy (non-hydrogen) atoms. The standard InChI is InChI=1S/C23H22ClF3N2O5S2/c1-3-14-6-8-19(35-14)16-12-18(28-21(30)20(16)22(31)29-36(2,32)33)15-7-5-13(11-17(15)24)34-10-4-9-23(25,26)27/h5-8,11-12H,3-4,9-10H2,1-2H3,(H,28,30)(H,29,31). The van der Waals surface area contributed by atoms with E-state index in [1.165, 1.54) is 35.6 Å². The lowest BCUT2D eigenvalue weighted by Crippen LogP contribution is -2.34. The number of ether oxygens (including phenoxy) is 1. The lowest BCUT2D eigenvalue weighted by molar-refractivity contribution is -0.136. The second-order valence-corrected chi connectivity index (χ2v) is 11.2. The molecule has 1 amide bonds. The van der Waals surface area contributed by atoms with E-state index in [0.717, 1.165) is 17.6 Å². The predicted molar refractivity (Wildman–Crippen MR) is 133 cm³/mol. The predicted octanol–water partition coefficient (Wildman–Crippen LogP) is 5.40. The van der Waals surface area contributed by atoms with Gasteiger partial charge in [0.1, 0.15) is 11.3 Å². The van der Waals surface area contributed by atoms with Gasteiger partial charge in [-0.2, -0.15) is 13.2 Å². The van der Waals surface area contributed by atoms with E-state index in [-0.39, 0.29) is 40.6 Å².